The largest absolute Gasteiger partial charge is 0.376 e. The number of nitrogens with zero attached hydrogens (tertiary/aromatic N) is 8. The van der Waals surface area contributed by atoms with Gasteiger partial charge in [-0.25, -0.2) is 0 Å². The van der Waals surface area contributed by atoms with Gasteiger partial charge < -0.3 is 11.1 Å². The van der Waals surface area contributed by atoms with Crippen molar-refractivity contribution in [1.82, 2.24) is 39.5 Å². The molecule has 1 aliphatic rings. The second kappa shape index (κ2) is 19.1. The molecule has 0 radical (unpaired) electrons. The molecule has 1 aromatic carbocycles. The van der Waals surface area contributed by atoms with Crippen molar-refractivity contribution in [3.05, 3.63) is 150 Å². The highest BCUT2D eigenvalue weighted by Gasteiger charge is 2.26. The summed E-state index contributed by atoms with van der Waals surface area (Å²) in [6.45, 7) is 9.43. The van der Waals surface area contributed by atoms with E-state index in [0.717, 1.165) is 107 Å². The zero-order valence-electron chi connectivity index (χ0n) is 29.2. The van der Waals surface area contributed by atoms with Crippen LogP contribution in [-0.2, 0) is 32.6 Å². The first-order chi connectivity index (χ1) is 25.1. The standard InChI is InChI=1S/C40H48N10S/c41-40(51)46-34-15-13-33(14-16-34)27-39-32-49(30-37-11-3-7-19-44-37)24-23-47(28-35-9-1-5-17-42-35)21-22-48(29-36-10-2-6-18-43-36)25-26-50(39)31-38-12-4-8-20-45-38/h1-20,39H,21-32H2,(H3,41,46,51). The number of nitrogens with two attached hydrogens (primary N) is 1. The van der Waals surface area contributed by atoms with Crippen molar-refractivity contribution < 1.29 is 0 Å². The summed E-state index contributed by atoms with van der Waals surface area (Å²) >= 11 is 5.08. The van der Waals surface area contributed by atoms with Crippen LogP contribution in [0.4, 0.5) is 5.69 Å². The van der Waals surface area contributed by atoms with Gasteiger partial charge in [0.05, 0.1) is 22.8 Å². The quantitative estimate of drug-likeness (QED) is 0.185. The summed E-state index contributed by atoms with van der Waals surface area (Å²) in [4.78, 5) is 29.2. The van der Waals surface area contributed by atoms with Crippen molar-refractivity contribution in [3.8, 4) is 0 Å². The van der Waals surface area contributed by atoms with Gasteiger partial charge in [-0.2, -0.15) is 0 Å². The number of nitrogens with one attached hydrogen (secondary N) is 1. The van der Waals surface area contributed by atoms with Gasteiger partial charge >= 0.3 is 0 Å². The van der Waals surface area contributed by atoms with Gasteiger partial charge in [-0.1, -0.05) is 36.4 Å². The molecule has 10 nitrogen and oxygen atoms in total. The van der Waals surface area contributed by atoms with E-state index in [9.17, 15) is 0 Å². The molecule has 11 heteroatoms. The zero-order valence-corrected chi connectivity index (χ0v) is 30.0. The Hall–Kier alpha value is -4.65. The normalized spacial score (nSPS) is 17.3. The van der Waals surface area contributed by atoms with E-state index in [-0.39, 0.29) is 11.2 Å². The van der Waals surface area contributed by atoms with Crippen molar-refractivity contribution in [2.24, 2.45) is 5.73 Å². The predicted molar refractivity (Wildman–Crippen MR) is 208 cm³/mol. The van der Waals surface area contributed by atoms with Gasteiger partial charge in [-0.15, -0.1) is 0 Å². The fraction of sp³-hybridized carbons (Fsp3) is 0.325. The molecule has 0 amide bonds. The van der Waals surface area contributed by atoms with Crippen LogP contribution in [0, 0.1) is 0 Å². The van der Waals surface area contributed by atoms with Crippen LogP contribution < -0.4 is 11.1 Å². The van der Waals surface area contributed by atoms with Crippen LogP contribution in [0.15, 0.2) is 122 Å². The molecule has 0 spiro atoms. The second-order valence-electron chi connectivity index (χ2n) is 13.1. The Morgan fingerprint density at radius 1 is 0.569 bits per heavy atom. The first kappa shape index (κ1) is 36.2. The highest BCUT2D eigenvalue weighted by molar-refractivity contribution is 7.80. The molecule has 0 bridgehead atoms. The van der Waals surface area contributed by atoms with Crippen molar-refractivity contribution in [1.29, 1.82) is 0 Å². The van der Waals surface area contributed by atoms with E-state index in [4.69, 9.17) is 32.9 Å². The molecule has 5 aromatic rings. The van der Waals surface area contributed by atoms with Crippen LogP contribution in [0.2, 0.25) is 0 Å². The topological polar surface area (TPSA) is 103 Å². The average Bonchev–Trinajstić information content (AvgIpc) is 3.15. The van der Waals surface area contributed by atoms with E-state index in [2.05, 4.69) is 103 Å². The number of pyridine rings is 4. The smallest absolute Gasteiger partial charge is 0.168 e. The summed E-state index contributed by atoms with van der Waals surface area (Å²) in [5.74, 6) is 0. The molecule has 1 atom stereocenters. The van der Waals surface area contributed by atoms with Crippen LogP contribution in [0.25, 0.3) is 0 Å². The highest BCUT2D eigenvalue weighted by atomic mass is 32.1. The van der Waals surface area contributed by atoms with Crippen LogP contribution >= 0.6 is 12.2 Å². The van der Waals surface area contributed by atoms with E-state index in [1.165, 1.54) is 5.56 Å². The van der Waals surface area contributed by atoms with Crippen LogP contribution in [-0.4, -0.2) is 96.5 Å². The van der Waals surface area contributed by atoms with Gasteiger partial charge in [0.15, 0.2) is 5.11 Å². The van der Waals surface area contributed by atoms with Crippen molar-refractivity contribution in [3.63, 3.8) is 0 Å². The van der Waals surface area contributed by atoms with Gasteiger partial charge in [-0.3, -0.25) is 39.5 Å². The fourth-order valence-electron chi connectivity index (χ4n) is 6.61. The monoisotopic (exact) mass is 700 g/mol. The molecule has 1 unspecified atom stereocenters. The van der Waals surface area contributed by atoms with Crippen molar-refractivity contribution in [2.45, 2.75) is 38.6 Å². The SMILES string of the molecule is NC(=S)Nc1ccc(CC2CN(Cc3ccccn3)CCN(Cc3ccccn3)CCN(Cc3ccccn3)CCN2Cc2ccccn2)cc1. The minimum Gasteiger partial charge on any atom is -0.376 e. The van der Waals surface area contributed by atoms with E-state index in [1.807, 2.05) is 49.1 Å². The van der Waals surface area contributed by atoms with Gasteiger partial charge in [-0.05, 0) is 84.9 Å². The minimum atomic E-state index is 0.200. The number of thiocarbonyl (C=S) groups is 1. The number of anilines is 1. The molecule has 264 valence electrons. The molecule has 4 aromatic heterocycles. The maximum absolute atomic E-state index is 5.76. The number of rotatable bonds is 11. The third kappa shape index (κ3) is 12.0. The zero-order chi connectivity index (χ0) is 35.1. The molecule has 51 heavy (non-hydrogen) atoms. The molecule has 1 fully saturated rings. The maximum Gasteiger partial charge on any atom is 0.168 e. The van der Waals surface area contributed by atoms with Gasteiger partial charge in [0.2, 0.25) is 0 Å². The Balaban J connectivity index is 1.33. The Morgan fingerprint density at radius 2 is 1.00 bits per heavy atom. The molecule has 5 heterocycles. The predicted octanol–water partition coefficient (Wildman–Crippen LogP) is 4.86. The molecule has 0 aliphatic carbocycles. The number of hydrogen-bond acceptors (Lipinski definition) is 9. The Labute approximate surface area is 307 Å². The number of benzene rings is 1. The Morgan fingerprint density at radius 3 is 1.45 bits per heavy atom. The summed E-state index contributed by atoms with van der Waals surface area (Å²) < 4.78 is 0. The van der Waals surface area contributed by atoms with E-state index in [0.29, 0.717) is 0 Å². The van der Waals surface area contributed by atoms with Gasteiger partial charge in [0.25, 0.3) is 0 Å². The van der Waals surface area contributed by atoms with E-state index < -0.39 is 0 Å². The summed E-state index contributed by atoms with van der Waals surface area (Å²) in [6.07, 6.45) is 8.44. The summed E-state index contributed by atoms with van der Waals surface area (Å²) in [5.41, 5.74) is 12.2. The highest BCUT2D eigenvalue weighted by Crippen LogP contribution is 2.19. The first-order valence-electron chi connectivity index (χ1n) is 17.7. The second-order valence-corrected chi connectivity index (χ2v) is 13.5. The summed E-state index contributed by atoms with van der Waals surface area (Å²) in [5, 5.41) is 3.32. The number of hydrogen-bond donors (Lipinski definition) is 2. The van der Waals surface area contributed by atoms with Crippen LogP contribution in [0.5, 0.6) is 0 Å². The van der Waals surface area contributed by atoms with Crippen molar-refractivity contribution >= 4 is 23.0 Å². The third-order valence-electron chi connectivity index (χ3n) is 9.27. The molecule has 6 rings (SSSR count). The number of aromatic nitrogens is 4. The van der Waals surface area contributed by atoms with E-state index >= 15 is 0 Å². The minimum absolute atomic E-state index is 0.200. The lowest BCUT2D eigenvalue weighted by molar-refractivity contribution is 0.0841. The first-order valence-corrected chi connectivity index (χ1v) is 18.1. The molecule has 1 saturated heterocycles. The lowest BCUT2D eigenvalue weighted by Gasteiger charge is -2.39. The van der Waals surface area contributed by atoms with E-state index in [1.54, 1.807) is 0 Å². The molecule has 3 N–H and O–H groups in total. The van der Waals surface area contributed by atoms with Crippen molar-refractivity contribution in [2.75, 3.05) is 51.1 Å². The lowest BCUT2D eigenvalue weighted by Crippen LogP contribution is -2.50. The molecule has 0 saturated carbocycles. The van der Waals surface area contributed by atoms with Crippen LogP contribution in [0.1, 0.15) is 28.3 Å². The molecular weight excluding hydrogens is 653 g/mol. The molecular formula is C40H48N10S. The van der Waals surface area contributed by atoms with Gasteiger partial charge in [0, 0.05) is 109 Å². The maximum atomic E-state index is 5.76. The fourth-order valence-corrected chi connectivity index (χ4v) is 6.73. The third-order valence-corrected chi connectivity index (χ3v) is 9.38. The van der Waals surface area contributed by atoms with Crippen LogP contribution in [0.3, 0.4) is 0 Å². The molecule has 1 aliphatic heterocycles. The van der Waals surface area contributed by atoms with Gasteiger partial charge in [0.1, 0.15) is 0 Å². The summed E-state index contributed by atoms with van der Waals surface area (Å²) in [7, 11) is 0. The Kier molecular flexibility index (Phi) is 13.5. The average molecular weight is 701 g/mol. The summed E-state index contributed by atoms with van der Waals surface area (Å²) in [6, 6.07) is 33.4. The Bertz CT molecular complexity index is 1730. The lowest BCUT2D eigenvalue weighted by atomic mass is 10.0.